The van der Waals surface area contributed by atoms with Crippen molar-refractivity contribution in [3.05, 3.63) is 0 Å². The molecule has 3 atom stereocenters. The molecule has 1 amide bonds. The normalized spacial score (nSPS) is 29.9. The third-order valence-corrected chi connectivity index (χ3v) is 4.31. The van der Waals surface area contributed by atoms with Crippen molar-refractivity contribution >= 4 is 11.9 Å². The Bertz CT molecular complexity index is 338. The van der Waals surface area contributed by atoms with Crippen LogP contribution in [0, 0.1) is 5.92 Å². The minimum atomic E-state index is -0.976. The number of nitrogens with one attached hydrogen (secondary N) is 1. The number of carbonyl (C=O) groups is 2. The van der Waals surface area contributed by atoms with E-state index in [9.17, 15) is 9.59 Å². The van der Waals surface area contributed by atoms with Crippen LogP contribution in [0.2, 0.25) is 0 Å². The number of amides is 1. The van der Waals surface area contributed by atoms with Gasteiger partial charge in [-0.25, -0.2) is 4.79 Å². The van der Waals surface area contributed by atoms with Crippen LogP contribution in [0.3, 0.4) is 0 Å². The van der Waals surface area contributed by atoms with Gasteiger partial charge >= 0.3 is 5.97 Å². The zero-order valence-corrected chi connectivity index (χ0v) is 11.4. The van der Waals surface area contributed by atoms with E-state index in [1.807, 2.05) is 6.92 Å². The van der Waals surface area contributed by atoms with Crippen molar-refractivity contribution < 1.29 is 19.4 Å². The second-order valence-corrected chi connectivity index (χ2v) is 5.72. The molecule has 0 bridgehead atoms. The molecule has 5 heteroatoms. The zero-order chi connectivity index (χ0) is 13.8. The van der Waals surface area contributed by atoms with E-state index in [0.717, 1.165) is 0 Å². The number of hydrogen-bond acceptors (Lipinski definition) is 3. The first-order valence-corrected chi connectivity index (χ1v) is 7.26. The Morgan fingerprint density at radius 2 is 1.74 bits per heavy atom. The summed E-state index contributed by atoms with van der Waals surface area (Å²) in [5, 5.41) is 11.8. The van der Waals surface area contributed by atoms with Gasteiger partial charge in [0.1, 0.15) is 6.10 Å². The maximum atomic E-state index is 12.0. The lowest BCUT2D eigenvalue weighted by Crippen LogP contribution is -2.44. The van der Waals surface area contributed by atoms with Gasteiger partial charge < -0.3 is 15.2 Å². The van der Waals surface area contributed by atoms with E-state index in [4.69, 9.17) is 9.84 Å². The molecule has 1 aliphatic carbocycles. The van der Waals surface area contributed by atoms with Gasteiger partial charge in [0.15, 0.2) is 6.10 Å². The summed E-state index contributed by atoms with van der Waals surface area (Å²) in [5.41, 5.74) is 0. The maximum Gasteiger partial charge on any atom is 0.332 e. The predicted molar refractivity (Wildman–Crippen MR) is 69.7 cm³/mol. The molecule has 2 fully saturated rings. The molecule has 0 aromatic rings. The lowest BCUT2D eigenvalue weighted by atomic mass is 9.84. The summed E-state index contributed by atoms with van der Waals surface area (Å²) < 4.78 is 5.26. The Labute approximate surface area is 113 Å². The molecule has 1 heterocycles. The number of aliphatic carboxylic acids is 1. The highest BCUT2D eigenvalue weighted by Crippen LogP contribution is 2.27. The minimum Gasteiger partial charge on any atom is -0.479 e. The Morgan fingerprint density at radius 3 is 2.32 bits per heavy atom. The van der Waals surface area contributed by atoms with E-state index in [0.29, 0.717) is 18.8 Å². The van der Waals surface area contributed by atoms with Crippen LogP contribution >= 0.6 is 0 Å². The average molecular weight is 269 g/mol. The first-order chi connectivity index (χ1) is 9.08. The summed E-state index contributed by atoms with van der Waals surface area (Å²) in [4.78, 5) is 22.8. The molecule has 0 unspecified atom stereocenters. The number of rotatable bonds is 4. The van der Waals surface area contributed by atoms with Gasteiger partial charge in [-0.05, 0) is 38.5 Å². The minimum absolute atomic E-state index is 0.151. The third-order valence-electron chi connectivity index (χ3n) is 4.31. The van der Waals surface area contributed by atoms with E-state index in [1.165, 1.54) is 32.1 Å². The molecule has 2 rings (SSSR count). The Morgan fingerprint density at radius 1 is 1.11 bits per heavy atom. The van der Waals surface area contributed by atoms with Crippen LogP contribution in [-0.4, -0.2) is 35.2 Å². The monoisotopic (exact) mass is 269 g/mol. The average Bonchev–Trinajstić information content (AvgIpc) is 2.89. The molecule has 5 nitrogen and oxygen atoms in total. The fourth-order valence-electron chi connectivity index (χ4n) is 3.08. The largest absolute Gasteiger partial charge is 0.479 e. The summed E-state index contributed by atoms with van der Waals surface area (Å²) in [5.74, 6) is -0.577. The topological polar surface area (TPSA) is 75.6 Å². The molecule has 0 aromatic carbocycles. The van der Waals surface area contributed by atoms with Crippen molar-refractivity contribution in [1.29, 1.82) is 0 Å². The van der Waals surface area contributed by atoms with Crippen LogP contribution in [0.15, 0.2) is 0 Å². The molecule has 0 radical (unpaired) electrons. The van der Waals surface area contributed by atoms with E-state index in [-0.39, 0.29) is 11.9 Å². The van der Waals surface area contributed by atoms with E-state index < -0.39 is 18.2 Å². The quantitative estimate of drug-likeness (QED) is 0.814. The first-order valence-electron chi connectivity index (χ1n) is 7.26. The van der Waals surface area contributed by atoms with Gasteiger partial charge in [0.25, 0.3) is 0 Å². The summed E-state index contributed by atoms with van der Waals surface area (Å²) in [7, 11) is 0. The van der Waals surface area contributed by atoms with Crippen molar-refractivity contribution in [3.8, 4) is 0 Å². The van der Waals surface area contributed by atoms with Crippen LogP contribution in [0.1, 0.15) is 51.9 Å². The maximum absolute atomic E-state index is 12.0. The summed E-state index contributed by atoms with van der Waals surface area (Å²) in [6.07, 6.45) is 5.63. The summed E-state index contributed by atoms with van der Waals surface area (Å²) in [6.45, 7) is 2.04. The van der Waals surface area contributed by atoms with Gasteiger partial charge in [-0.15, -0.1) is 0 Å². The van der Waals surface area contributed by atoms with Gasteiger partial charge in [-0.3, -0.25) is 4.79 Å². The molecule has 2 aliphatic rings. The number of carbonyl (C=O) groups excluding carboxylic acids is 1. The van der Waals surface area contributed by atoms with Crippen molar-refractivity contribution in [2.75, 3.05) is 0 Å². The summed E-state index contributed by atoms with van der Waals surface area (Å²) >= 11 is 0. The van der Waals surface area contributed by atoms with Gasteiger partial charge in [0.05, 0.1) is 0 Å². The van der Waals surface area contributed by atoms with Crippen LogP contribution < -0.4 is 5.32 Å². The second-order valence-electron chi connectivity index (χ2n) is 5.72. The van der Waals surface area contributed by atoms with Crippen LogP contribution in [0.5, 0.6) is 0 Å². The van der Waals surface area contributed by atoms with E-state index >= 15 is 0 Å². The Balaban J connectivity index is 1.79. The molecule has 1 saturated carbocycles. The lowest BCUT2D eigenvalue weighted by Gasteiger charge is -2.29. The van der Waals surface area contributed by atoms with E-state index in [1.54, 1.807) is 0 Å². The second kappa shape index (κ2) is 6.37. The highest BCUT2D eigenvalue weighted by molar-refractivity contribution is 5.82. The fraction of sp³-hybridized carbons (Fsp3) is 0.857. The molecular formula is C14H23NO4. The lowest BCUT2D eigenvalue weighted by molar-refractivity contribution is -0.152. The molecule has 19 heavy (non-hydrogen) atoms. The number of ether oxygens (including phenoxy) is 1. The van der Waals surface area contributed by atoms with Crippen LogP contribution in [0.4, 0.5) is 0 Å². The zero-order valence-electron chi connectivity index (χ0n) is 11.4. The number of carboxylic acid groups (broad SMARTS) is 1. The number of hydrogen-bond donors (Lipinski definition) is 2. The van der Waals surface area contributed by atoms with Crippen molar-refractivity contribution in [2.45, 2.75) is 70.1 Å². The SMILES string of the molecule is C[C@H](NC(=O)[C@@H]1CC[C@H](C(=O)O)O1)C1CCCCC1. The highest BCUT2D eigenvalue weighted by Gasteiger charge is 2.35. The van der Waals surface area contributed by atoms with Gasteiger partial charge in [0, 0.05) is 6.04 Å². The molecule has 0 aromatic heterocycles. The van der Waals surface area contributed by atoms with Gasteiger partial charge in [-0.2, -0.15) is 0 Å². The Kier molecular flexibility index (Phi) is 4.80. The molecule has 1 aliphatic heterocycles. The first kappa shape index (κ1) is 14.3. The molecule has 0 spiro atoms. The fourth-order valence-corrected chi connectivity index (χ4v) is 3.08. The summed E-state index contributed by atoms with van der Waals surface area (Å²) in [6, 6.07) is 0.153. The molecule has 2 N–H and O–H groups in total. The van der Waals surface area contributed by atoms with Crippen LogP contribution in [-0.2, 0) is 14.3 Å². The van der Waals surface area contributed by atoms with Gasteiger partial charge in [-0.1, -0.05) is 19.3 Å². The standard InChI is InChI=1S/C14H23NO4/c1-9(10-5-3-2-4-6-10)15-13(16)11-7-8-12(19-11)14(17)18/h9-12H,2-8H2,1H3,(H,15,16)(H,17,18)/t9-,11-,12+/m0/s1. The van der Waals surface area contributed by atoms with Crippen molar-refractivity contribution in [3.63, 3.8) is 0 Å². The van der Waals surface area contributed by atoms with E-state index in [2.05, 4.69) is 5.32 Å². The van der Waals surface area contributed by atoms with Crippen molar-refractivity contribution in [1.82, 2.24) is 5.32 Å². The van der Waals surface area contributed by atoms with Gasteiger partial charge in [0.2, 0.25) is 5.91 Å². The molecular weight excluding hydrogens is 246 g/mol. The highest BCUT2D eigenvalue weighted by atomic mass is 16.5. The number of carboxylic acids is 1. The molecule has 108 valence electrons. The molecule has 1 saturated heterocycles. The smallest absolute Gasteiger partial charge is 0.332 e. The third kappa shape index (κ3) is 3.69. The van der Waals surface area contributed by atoms with Crippen molar-refractivity contribution in [2.24, 2.45) is 5.92 Å². The Hall–Kier alpha value is -1.10. The van der Waals surface area contributed by atoms with Crippen LogP contribution in [0.25, 0.3) is 0 Å². The predicted octanol–water partition coefficient (Wildman–Crippen LogP) is 1.70.